The fourth-order valence-electron chi connectivity index (χ4n) is 2.83. The van der Waals surface area contributed by atoms with E-state index in [0.29, 0.717) is 18.7 Å². The number of carbonyl (C=O) groups excluding carboxylic acids is 1. The Hall–Kier alpha value is -2.70. The Morgan fingerprint density at radius 3 is 2.88 bits per heavy atom. The lowest BCUT2D eigenvalue weighted by atomic mass is 10.0. The second-order valence-electron chi connectivity index (χ2n) is 5.85. The zero-order chi connectivity index (χ0) is 16.9. The van der Waals surface area contributed by atoms with Crippen LogP contribution < -0.4 is 11.1 Å². The minimum absolute atomic E-state index is 0.0132. The molecule has 7 heteroatoms. The van der Waals surface area contributed by atoms with Crippen LogP contribution in [0.5, 0.6) is 0 Å². The van der Waals surface area contributed by atoms with Gasteiger partial charge in [0.25, 0.3) is 5.91 Å². The van der Waals surface area contributed by atoms with E-state index in [1.54, 1.807) is 29.4 Å². The van der Waals surface area contributed by atoms with Gasteiger partial charge in [-0.25, -0.2) is 4.98 Å². The number of nitrogen functional groups attached to an aromatic ring is 1. The number of anilines is 2. The Bertz CT molecular complexity index is 719. The molecule has 24 heavy (non-hydrogen) atoms. The second kappa shape index (κ2) is 7.25. The molecule has 7 nitrogen and oxygen atoms in total. The Morgan fingerprint density at radius 2 is 2.12 bits per heavy atom. The Labute approximate surface area is 141 Å². The molecule has 0 spiro atoms. The third-order valence-electron chi connectivity index (χ3n) is 4.12. The van der Waals surface area contributed by atoms with Crippen LogP contribution >= 0.6 is 0 Å². The second-order valence-corrected chi connectivity index (χ2v) is 5.85. The first-order chi connectivity index (χ1) is 11.7. The molecule has 0 saturated heterocycles. The summed E-state index contributed by atoms with van der Waals surface area (Å²) in [7, 11) is 0. The molecule has 0 aromatic carbocycles. The van der Waals surface area contributed by atoms with E-state index in [2.05, 4.69) is 27.2 Å². The smallest absolute Gasteiger partial charge is 0.254 e. The van der Waals surface area contributed by atoms with Gasteiger partial charge in [-0.2, -0.15) is 4.98 Å². The van der Waals surface area contributed by atoms with Crippen molar-refractivity contribution in [2.75, 3.05) is 24.1 Å². The van der Waals surface area contributed by atoms with Gasteiger partial charge in [0.1, 0.15) is 5.82 Å². The average molecular weight is 326 g/mol. The van der Waals surface area contributed by atoms with Crippen LogP contribution in [0.1, 0.15) is 41.4 Å². The van der Waals surface area contributed by atoms with Gasteiger partial charge in [0, 0.05) is 36.6 Å². The molecule has 0 unspecified atom stereocenters. The molecule has 0 bridgehead atoms. The molecule has 0 aliphatic carbocycles. The normalized spacial score (nSPS) is 13.5. The number of rotatable bonds is 5. The summed E-state index contributed by atoms with van der Waals surface area (Å²) >= 11 is 0. The van der Waals surface area contributed by atoms with Crippen molar-refractivity contribution in [3.63, 3.8) is 0 Å². The van der Waals surface area contributed by atoms with E-state index in [1.807, 2.05) is 0 Å². The van der Waals surface area contributed by atoms with Gasteiger partial charge in [-0.05, 0) is 25.0 Å². The molecule has 126 valence electrons. The Balaban J connectivity index is 1.79. The van der Waals surface area contributed by atoms with Crippen LogP contribution in [0, 0.1) is 0 Å². The fraction of sp³-hybridized carbons (Fsp3) is 0.412. The maximum Gasteiger partial charge on any atom is 0.254 e. The van der Waals surface area contributed by atoms with Crippen LogP contribution in [0.15, 0.2) is 24.5 Å². The molecule has 0 saturated carbocycles. The molecule has 3 heterocycles. The van der Waals surface area contributed by atoms with Gasteiger partial charge < -0.3 is 16.0 Å². The highest BCUT2D eigenvalue weighted by molar-refractivity contribution is 5.94. The van der Waals surface area contributed by atoms with Crippen LogP contribution in [-0.2, 0) is 13.0 Å². The Morgan fingerprint density at radius 1 is 1.33 bits per heavy atom. The van der Waals surface area contributed by atoms with Gasteiger partial charge in [-0.15, -0.1) is 0 Å². The van der Waals surface area contributed by atoms with E-state index in [9.17, 15) is 4.79 Å². The number of nitrogens with one attached hydrogen (secondary N) is 1. The first-order valence-corrected chi connectivity index (χ1v) is 8.27. The first kappa shape index (κ1) is 16.2. The third-order valence-corrected chi connectivity index (χ3v) is 4.12. The molecule has 1 aliphatic heterocycles. The van der Waals surface area contributed by atoms with E-state index in [1.165, 1.54) is 0 Å². The number of amides is 1. The van der Waals surface area contributed by atoms with Crippen molar-refractivity contribution in [1.29, 1.82) is 0 Å². The van der Waals surface area contributed by atoms with E-state index >= 15 is 0 Å². The van der Waals surface area contributed by atoms with Gasteiger partial charge in [-0.1, -0.05) is 13.3 Å². The van der Waals surface area contributed by atoms with Gasteiger partial charge in [0.15, 0.2) is 0 Å². The van der Waals surface area contributed by atoms with Crippen LogP contribution in [0.3, 0.4) is 0 Å². The van der Waals surface area contributed by atoms with Crippen molar-refractivity contribution in [3.8, 4) is 0 Å². The Kier molecular flexibility index (Phi) is 4.88. The monoisotopic (exact) mass is 326 g/mol. The van der Waals surface area contributed by atoms with Crippen LogP contribution in [0.2, 0.25) is 0 Å². The quantitative estimate of drug-likeness (QED) is 0.814. The number of carbonyl (C=O) groups is 1. The van der Waals surface area contributed by atoms with Crippen molar-refractivity contribution in [1.82, 2.24) is 19.9 Å². The van der Waals surface area contributed by atoms with Gasteiger partial charge >= 0.3 is 0 Å². The molecule has 1 aliphatic rings. The largest absolute Gasteiger partial charge is 0.370 e. The first-order valence-electron chi connectivity index (χ1n) is 8.27. The molecule has 2 aromatic heterocycles. The molecule has 0 fully saturated rings. The fourth-order valence-corrected chi connectivity index (χ4v) is 2.83. The summed E-state index contributed by atoms with van der Waals surface area (Å²) in [6, 6.07) is 3.45. The van der Waals surface area contributed by atoms with Crippen molar-refractivity contribution < 1.29 is 4.79 Å². The lowest BCUT2D eigenvalue weighted by Gasteiger charge is -2.29. The summed E-state index contributed by atoms with van der Waals surface area (Å²) < 4.78 is 0. The molecule has 2 aromatic rings. The minimum atomic E-state index is -0.0132. The van der Waals surface area contributed by atoms with Crippen molar-refractivity contribution in [2.24, 2.45) is 0 Å². The van der Waals surface area contributed by atoms with Crippen LogP contribution in [0.25, 0.3) is 0 Å². The summed E-state index contributed by atoms with van der Waals surface area (Å²) in [5.74, 6) is 1.04. The van der Waals surface area contributed by atoms with Gasteiger partial charge in [0.2, 0.25) is 5.95 Å². The molecule has 0 radical (unpaired) electrons. The zero-order valence-electron chi connectivity index (χ0n) is 13.8. The summed E-state index contributed by atoms with van der Waals surface area (Å²) in [5.41, 5.74) is 8.38. The maximum absolute atomic E-state index is 12.6. The van der Waals surface area contributed by atoms with Crippen molar-refractivity contribution in [3.05, 3.63) is 41.3 Å². The van der Waals surface area contributed by atoms with Crippen molar-refractivity contribution >= 4 is 17.7 Å². The summed E-state index contributed by atoms with van der Waals surface area (Å²) in [5, 5.41) is 3.35. The lowest BCUT2D eigenvalue weighted by molar-refractivity contribution is 0.0732. The van der Waals surface area contributed by atoms with E-state index in [-0.39, 0.29) is 11.9 Å². The number of fused-ring (bicyclic) bond motifs is 1. The maximum atomic E-state index is 12.6. The number of pyridine rings is 1. The van der Waals surface area contributed by atoms with E-state index in [0.717, 1.165) is 42.9 Å². The highest BCUT2D eigenvalue weighted by Gasteiger charge is 2.25. The SMILES string of the molecule is CCCCNc1nc(N)nc2c1CCN(C(=O)c1ccncc1)C2. The number of aromatic nitrogens is 3. The molecular weight excluding hydrogens is 304 g/mol. The summed E-state index contributed by atoms with van der Waals surface area (Å²) in [4.78, 5) is 27.0. The van der Waals surface area contributed by atoms with Gasteiger partial charge in [-0.3, -0.25) is 9.78 Å². The molecular formula is C17H22N6O. The number of unbranched alkanes of at least 4 members (excludes halogenated alkanes) is 1. The molecule has 1 amide bonds. The predicted molar refractivity (Wildman–Crippen MR) is 92.5 cm³/mol. The number of hydrogen-bond acceptors (Lipinski definition) is 6. The molecule has 3 N–H and O–H groups in total. The average Bonchev–Trinajstić information content (AvgIpc) is 2.61. The molecule has 0 atom stereocenters. The lowest BCUT2D eigenvalue weighted by Crippen LogP contribution is -2.37. The number of nitrogens with zero attached hydrogens (tertiary/aromatic N) is 4. The topological polar surface area (TPSA) is 97.0 Å². The van der Waals surface area contributed by atoms with E-state index < -0.39 is 0 Å². The van der Waals surface area contributed by atoms with Gasteiger partial charge in [0.05, 0.1) is 12.2 Å². The summed E-state index contributed by atoms with van der Waals surface area (Å²) in [6.07, 6.45) is 6.16. The standard InChI is InChI=1S/C17H22N6O/c1-2-3-7-20-15-13-6-10-23(11-14(13)21-17(18)22-15)16(24)12-4-8-19-9-5-12/h4-5,8-9H,2-3,6-7,10-11H2,1H3,(H3,18,20,21,22). The zero-order valence-corrected chi connectivity index (χ0v) is 13.8. The van der Waals surface area contributed by atoms with E-state index in [4.69, 9.17) is 5.73 Å². The predicted octanol–water partition coefficient (Wildman–Crippen LogP) is 1.86. The van der Waals surface area contributed by atoms with Crippen molar-refractivity contribution in [2.45, 2.75) is 32.7 Å². The van der Waals surface area contributed by atoms with Crippen LogP contribution in [-0.4, -0.2) is 38.8 Å². The molecule has 3 rings (SSSR count). The third kappa shape index (κ3) is 3.45. The highest BCUT2D eigenvalue weighted by atomic mass is 16.2. The minimum Gasteiger partial charge on any atom is -0.370 e. The number of hydrogen-bond donors (Lipinski definition) is 2. The summed E-state index contributed by atoms with van der Waals surface area (Å²) in [6.45, 7) is 4.10. The highest BCUT2D eigenvalue weighted by Crippen LogP contribution is 2.25. The number of nitrogens with two attached hydrogens (primary N) is 1. The van der Waals surface area contributed by atoms with Crippen LogP contribution in [0.4, 0.5) is 11.8 Å².